The lowest BCUT2D eigenvalue weighted by Crippen LogP contribution is -2.09. The van der Waals surface area contributed by atoms with E-state index in [1.54, 1.807) is 30.6 Å². The van der Waals surface area contributed by atoms with Crippen molar-refractivity contribution in [2.45, 2.75) is 41.2 Å². The van der Waals surface area contributed by atoms with Crippen LogP contribution in [0.2, 0.25) is 0 Å². The number of hydrogen-bond donors (Lipinski definition) is 2. The van der Waals surface area contributed by atoms with Crippen LogP contribution in [0.3, 0.4) is 0 Å². The minimum atomic E-state index is 0.284. The molecule has 11 heteroatoms. The summed E-state index contributed by atoms with van der Waals surface area (Å²) in [6.45, 7) is 11.2. The molecule has 41 heavy (non-hydrogen) atoms. The van der Waals surface area contributed by atoms with Crippen LogP contribution in [0, 0.1) is 5.92 Å². The van der Waals surface area contributed by atoms with Gasteiger partial charge >= 0.3 is 0 Å². The number of anilines is 1. The average Bonchev–Trinajstić information content (AvgIpc) is 3.68. The van der Waals surface area contributed by atoms with Gasteiger partial charge in [-0.15, -0.1) is 11.6 Å². The molecule has 0 fully saturated rings. The van der Waals surface area contributed by atoms with Crippen molar-refractivity contribution in [2.75, 3.05) is 24.9 Å². The summed E-state index contributed by atoms with van der Waals surface area (Å²) in [5.41, 5.74) is 9.94. The van der Waals surface area contributed by atoms with Crippen molar-refractivity contribution in [2.24, 2.45) is 18.7 Å². The van der Waals surface area contributed by atoms with Crippen LogP contribution in [-0.2, 0) is 13.6 Å². The normalized spacial score (nSPS) is 10.8. The van der Waals surface area contributed by atoms with Gasteiger partial charge in [0.2, 0.25) is 0 Å². The standard InChI is InChI=1S/C25H25ClN8O.2C2H6.CH5N/c1-17(11-26)15-35-20-7-8-34-23(14-28-25(34)9-20)21-10-24(30-16-29-21)27-12-18-3-5-19(6-4-18)22-13-31-33(2)32-22;3*1-2/h3-10,13-14,16-17H,11-12,15H2,1-2H3,(H,27,29,30);2*1-2H3;2H2,1H3. The summed E-state index contributed by atoms with van der Waals surface area (Å²) < 4.78 is 7.81. The lowest BCUT2D eigenvalue weighted by atomic mass is 10.1. The van der Waals surface area contributed by atoms with Crippen LogP contribution < -0.4 is 15.8 Å². The minimum absolute atomic E-state index is 0.284. The first-order valence-corrected chi connectivity index (χ1v) is 14.4. The van der Waals surface area contributed by atoms with E-state index >= 15 is 0 Å². The Morgan fingerprint density at radius 1 is 0.951 bits per heavy atom. The van der Waals surface area contributed by atoms with Crippen LogP contribution in [0.4, 0.5) is 5.82 Å². The predicted octanol–water partition coefficient (Wildman–Crippen LogP) is 6.08. The third-order valence-electron chi connectivity index (χ3n) is 5.54. The molecule has 0 saturated carbocycles. The summed E-state index contributed by atoms with van der Waals surface area (Å²) >= 11 is 5.87. The number of aryl methyl sites for hydroxylation is 1. The van der Waals surface area contributed by atoms with E-state index < -0.39 is 0 Å². The number of nitrogens with two attached hydrogens (primary N) is 1. The Morgan fingerprint density at radius 2 is 1.68 bits per heavy atom. The number of benzene rings is 1. The van der Waals surface area contributed by atoms with E-state index in [1.807, 2.05) is 68.6 Å². The number of alkyl halides is 1. The van der Waals surface area contributed by atoms with E-state index in [2.05, 4.69) is 55.3 Å². The number of pyridine rings is 1. The quantitative estimate of drug-likeness (QED) is 0.201. The van der Waals surface area contributed by atoms with Gasteiger partial charge in [0.1, 0.15) is 29.2 Å². The second kappa shape index (κ2) is 17.6. The van der Waals surface area contributed by atoms with Gasteiger partial charge in [-0.1, -0.05) is 58.9 Å². The van der Waals surface area contributed by atoms with Gasteiger partial charge in [0.05, 0.1) is 30.4 Å². The van der Waals surface area contributed by atoms with Gasteiger partial charge in [0, 0.05) is 49.3 Å². The van der Waals surface area contributed by atoms with Gasteiger partial charge in [-0.2, -0.15) is 15.0 Å². The number of halogens is 1. The summed E-state index contributed by atoms with van der Waals surface area (Å²) in [4.78, 5) is 14.9. The number of ether oxygens (including phenoxy) is 1. The second-order valence-electron chi connectivity index (χ2n) is 8.36. The van der Waals surface area contributed by atoms with Crippen molar-refractivity contribution < 1.29 is 4.74 Å². The fraction of sp³-hybridized carbons (Fsp3) is 0.367. The maximum atomic E-state index is 5.87. The summed E-state index contributed by atoms with van der Waals surface area (Å²) in [6.07, 6.45) is 7.05. The molecule has 0 spiro atoms. The first kappa shape index (κ1) is 33.2. The molecule has 0 amide bonds. The summed E-state index contributed by atoms with van der Waals surface area (Å²) in [7, 11) is 3.31. The topological polar surface area (TPSA) is 121 Å². The SMILES string of the molecule is CC.CC.CC(CCl)COc1ccn2c(-c3cc(NCc4ccc(-c5cnn(C)n5)cc4)ncn3)cnc2c1.CN. The average molecular weight is 580 g/mol. The fourth-order valence-electron chi connectivity index (χ4n) is 3.58. The zero-order chi connectivity index (χ0) is 30.2. The Bertz CT molecular complexity index is 1430. The zero-order valence-corrected chi connectivity index (χ0v) is 25.8. The Kier molecular flexibility index (Phi) is 14.3. The summed E-state index contributed by atoms with van der Waals surface area (Å²) in [6, 6.07) is 14.0. The van der Waals surface area contributed by atoms with Gasteiger partial charge < -0.3 is 15.8 Å². The first-order valence-electron chi connectivity index (χ1n) is 13.8. The van der Waals surface area contributed by atoms with Crippen molar-refractivity contribution >= 4 is 23.1 Å². The molecule has 3 N–H and O–H groups in total. The molecule has 1 unspecified atom stereocenters. The number of rotatable bonds is 9. The molecule has 4 heterocycles. The number of hydrogen-bond acceptors (Lipinski definition) is 8. The minimum Gasteiger partial charge on any atom is -0.493 e. The maximum Gasteiger partial charge on any atom is 0.140 e. The third kappa shape index (κ3) is 9.26. The Balaban J connectivity index is 0.000000921. The van der Waals surface area contributed by atoms with Crippen molar-refractivity contribution in [3.63, 3.8) is 0 Å². The van der Waals surface area contributed by atoms with Gasteiger partial charge in [-0.3, -0.25) is 4.40 Å². The molecule has 5 rings (SSSR count). The predicted molar refractivity (Wildman–Crippen MR) is 168 cm³/mol. The van der Waals surface area contributed by atoms with Crippen molar-refractivity contribution in [3.8, 4) is 28.4 Å². The molecule has 4 aromatic heterocycles. The molecular weight excluding hydrogens is 538 g/mol. The van der Waals surface area contributed by atoms with Crippen LogP contribution in [0.15, 0.2) is 67.4 Å². The molecule has 1 atom stereocenters. The number of nitrogens with zero attached hydrogens (tertiary/aromatic N) is 7. The van der Waals surface area contributed by atoms with Crippen LogP contribution >= 0.6 is 11.6 Å². The molecule has 220 valence electrons. The molecular formula is C30H42ClN9O. The highest BCUT2D eigenvalue weighted by molar-refractivity contribution is 6.18. The first-order chi connectivity index (χ1) is 20.1. The highest BCUT2D eigenvalue weighted by atomic mass is 35.5. The van der Waals surface area contributed by atoms with Crippen molar-refractivity contribution in [1.29, 1.82) is 0 Å². The van der Waals surface area contributed by atoms with Crippen LogP contribution in [0.5, 0.6) is 5.75 Å². The Labute approximate surface area is 248 Å². The largest absolute Gasteiger partial charge is 0.493 e. The summed E-state index contributed by atoms with van der Waals surface area (Å²) in [5.74, 6) is 2.35. The zero-order valence-electron chi connectivity index (χ0n) is 25.0. The highest BCUT2D eigenvalue weighted by Gasteiger charge is 2.10. The monoisotopic (exact) mass is 579 g/mol. The number of imidazole rings is 1. The number of nitrogens with one attached hydrogen (secondary N) is 1. The molecule has 5 aromatic rings. The molecule has 0 aliphatic carbocycles. The molecule has 1 aromatic carbocycles. The van der Waals surface area contributed by atoms with E-state index in [0.29, 0.717) is 19.0 Å². The van der Waals surface area contributed by atoms with E-state index in [0.717, 1.165) is 45.4 Å². The molecule has 0 saturated heterocycles. The van der Waals surface area contributed by atoms with Crippen molar-refractivity contribution in [3.05, 3.63) is 72.9 Å². The highest BCUT2D eigenvalue weighted by Crippen LogP contribution is 2.24. The van der Waals surface area contributed by atoms with E-state index in [4.69, 9.17) is 16.3 Å². The Hall–Kier alpha value is -4.02. The van der Waals surface area contributed by atoms with E-state index in [9.17, 15) is 0 Å². The van der Waals surface area contributed by atoms with Gasteiger partial charge in [-0.25, -0.2) is 15.0 Å². The Morgan fingerprint density at radius 3 is 2.34 bits per heavy atom. The number of fused-ring (bicyclic) bond motifs is 1. The second-order valence-corrected chi connectivity index (χ2v) is 8.67. The van der Waals surface area contributed by atoms with Crippen LogP contribution in [0.1, 0.15) is 40.2 Å². The van der Waals surface area contributed by atoms with Crippen LogP contribution in [0.25, 0.3) is 28.3 Å². The molecule has 0 aliphatic heterocycles. The molecule has 0 radical (unpaired) electrons. The fourth-order valence-corrected chi connectivity index (χ4v) is 3.67. The van der Waals surface area contributed by atoms with E-state index in [-0.39, 0.29) is 5.92 Å². The van der Waals surface area contributed by atoms with Crippen LogP contribution in [-0.4, -0.2) is 53.9 Å². The smallest absolute Gasteiger partial charge is 0.140 e. The van der Waals surface area contributed by atoms with E-state index in [1.165, 1.54) is 7.05 Å². The van der Waals surface area contributed by atoms with Gasteiger partial charge in [-0.05, 0) is 18.7 Å². The maximum absolute atomic E-state index is 5.87. The summed E-state index contributed by atoms with van der Waals surface area (Å²) in [5, 5.41) is 11.8. The van der Waals surface area contributed by atoms with Gasteiger partial charge in [0.25, 0.3) is 0 Å². The lowest BCUT2D eigenvalue weighted by molar-refractivity contribution is 0.272. The van der Waals surface area contributed by atoms with Gasteiger partial charge in [0.15, 0.2) is 0 Å². The molecule has 0 aliphatic rings. The third-order valence-corrected chi connectivity index (χ3v) is 6.06. The lowest BCUT2D eigenvalue weighted by Gasteiger charge is -2.11. The molecule has 10 nitrogen and oxygen atoms in total. The molecule has 0 bridgehead atoms. The number of aromatic nitrogens is 7. The van der Waals surface area contributed by atoms with Crippen molar-refractivity contribution in [1.82, 2.24) is 34.3 Å².